The molecule has 0 unspecified atom stereocenters. The van der Waals surface area contributed by atoms with Crippen molar-refractivity contribution in [2.24, 2.45) is 0 Å². The van der Waals surface area contributed by atoms with Gasteiger partial charge in [-0.05, 0) is 25.3 Å². The molecule has 2 heterocycles. The minimum atomic E-state index is 0.168. The summed E-state index contributed by atoms with van der Waals surface area (Å²) in [5.74, 6) is 1.33. The van der Waals surface area contributed by atoms with E-state index >= 15 is 0 Å². The van der Waals surface area contributed by atoms with Crippen LogP contribution in [0.3, 0.4) is 0 Å². The second kappa shape index (κ2) is 8.05. The van der Waals surface area contributed by atoms with Crippen LogP contribution in [0.15, 0.2) is 28.7 Å². The maximum Gasteiger partial charge on any atom is 0.219 e. The lowest BCUT2D eigenvalue weighted by atomic mass is 10.0. The molecule has 1 fully saturated rings. The summed E-state index contributed by atoms with van der Waals surface area (Å²) in [6, 6.07) is 8.78. The number of furan rings is 1. The quantitative estimate of drug-likeness (QED) is 0.789. The summed E-state index contributed by atoms with van der Waals surface area (Å²) >= 11 is 0. The number of rotatable bonds is 6. The van der Waals surface area contributed by atoms with Gasteiger partial charge in [-0.2, -0.15) is 0 Å². The topological polar surface area (TPSA) is 36.7 Å². The summed E-state index contributed by atoms with van der Waals surface area (Å²) in [6.07, 6.45) is 5.47. The number of aryl methyl sites for hydroxylation is 1. The number of piperidine rings is 1. The van der Waals surface area contributed by atoms with E-state index in [0.717, 1.165) is 56.7 Å². The van der Waals surface area contributed by atoms with Gasteiger partial charge in [0.1, 0.15) is 11.3 Å². The molecule has 0 N–H and O–H groups in total. The maximum atomic E-state index is 11.6. The smallest absolute Gasteiger partial charge is 0.219 e. The SMILES string of the molecule is CCCCc1oc2ccccc2c1CN1CCC(N(C)C(C)=O)CC1. The third kappa shape index (κ3) is 4.06. The van der Waals surface area contributed by atoms with Gasteiger partial charge < -0.3 is 9.32 Å². The van der Waals surface area contributed by atoms with E-state index in [-0.39, 0.29) is 5.91 Å². The molecule has 1 aromatic heterocycles. The number of amides is 1. The van der Waals surface area contributed by atoms with Gasteiger partial charge in [-0.3, -0.25) is 9.69 Å². The summed E-state index contributed by atoms with van der Waals surface area (Å²) in [7, 11) is 1.93. The zero-order valence-corrected chi connectivity index (χ0v) is 15.8. The van der Waals surface area contributed by atoms with Crippen LogP contribution in [0.25, 0.3) is 11.0 Å². The first-order valence-corrected chi connectivity index (χ1v) is 9.55. The van der Waals surface area contributed by atoms with Crippen LogP contribution < -0.4 is 0 Å². The third-order valence-electron chi connectivity index (χ3n) is 5.52. The van der Waals surface area contributed by atoms with Gasteiger partial charge in [0.25, 0.3) is 0 Å². The second-order valence-corrected chi connectivity index (χ2v) is 7.24. The molecule has 0 aliphatic carbocycles. The van der Waals surface area contributed by atoms with E-state index in [1.54, 1.807) is 6.92 Å². The van der Waals surface area contributed by atoms with Crippen LogP contribution >= 0.6 is 0 Å². The molecule has 0 atom stereocenters. The van der Waals surface area contributed by atoms with Crippen molar-refractivity contribution in [2.75, 3.05) is 20.1 Å². The van der Waals surface area contributed by atoms with Crippen molar-refractivity contribution in [2.45, 2.75) is 58.5 Å². The van der Waals surface area contributed by atoms with Crippen LogP contribution in [0.1, 0.15) is 50.9 Å². The van der Waals surface area contributed by atoms with Crippen molar-refractivity contribution < 1.29 is 9.21 Å². The predicted octanol–water partition coefficient (Wildman–Crippen LogP) is 4.22. The Bertz CT molecular complexity index is 714. The molecular formula is C21H30N2O2. The minimum absolute atomic E-state index is 0.168. The van der Waals surface area contributed by atoms with Crippen LogP contribution in [0.5, 0.6) is 0 Å². The van der Waals surface area contributed by atoms with Crippen molar-refractivity contribution in [1.29, 1.82) is 0 Å². The zero-order valence-electron chi connectivity index (χ0n) is 15.8. The predicted molar refractivity (Wildman–Crippen MR) is 102 cm³/mol. The molecule has 0 bridgehead atoms. The number of carbonyl (C=O) groups excluding carboxylic acids is 1. The highest BCUT2D eigenvalue weighted by molar-refractivity contribution is 5.82. The number of carbonyl (C=O) groups is 1. The lowest BCUT2D eigenvalue weighted by Crippen LogP contribution is -2.44. The number of unbranched alkanes of at least 4 members (excludes halogenated alkanes) is 1. The fourth-order valence-electron chi connectivity index (χ4n) is 3.81. The molecule has 3 rings (SSSR count). The van der Waals surface area contributed by atoms with Gasteiger partial charge in [-0.25, -0.2) is 0 Å². The number of likely N-dealkylation sites (tertiary alicyclic amines) is 1. The summed E-state index contributed by atoms with van der Waals surface area (Å²) in [4.78, 5) is 16.0. The highest BCUT2D eigenvalue weighted by Crippen LogP contribution is 2.29. The van der Waals surface area contributed by atoms with Gasteiger partial charge in [0.15, 0.2) is 0 Å². The molecule has 1 aliphatic heterocycles. The third-order valence-corrected chi connectivity index (χ3v) is 5.52. The van der Waals surface area contributed by atoms with Gasteiger partial charge in [-0.15, -0.1) is 0 Å². The molecular weight excluding hydrogens is 312 g/mol. The number of para-hydroxylation sites is 1. The molecule has 1 amide bonds. The monoisotopic (exact) mass is 342 g/mol. The Labute approximate surface area is 150 Å². The second-order valence-electron chi connectivity index (χ2n) is 7.24. The minimum Gasteiger partial charge on any atom is -0.461 e. The highest BCUT2D eigenvalue weighted by atomic mass is 16.3. The zero-order chi connectivity index (χ0) is 17.8. The summed E-state index contributed by atoms with van der Waals surface area (Å²) in [5, 5.41) is 1.26. The van der Waals surface area contributed by atoms with Crippen LogP contribution in [0.4, 0.5) is 0 Å². The maximum absolute atomic E-state index is 11.6. The molecule has 2 aromatic rings. The van der Waals surface area contributed by atoms with Crippen LogP contribution in [-0.2, 0) is 17.8 Å². The van der Waals surface area contributed by atoms with Crippen molar-refractivity contribution in [3.05, 3.63) is 35.6 Å². The molecule has 0 radical (unpaired) electrons. The van der Waals surface area contributed by atoms with Gasteiger partial charge in [-0.1, -0.05) is 31.5 Å². The lowest BCUT2D eigenvalue weighted by molar-refractivity contribution is -0.130. The first kappa shape index (κ1) is 18.0. The van der Waals surface area contributed by atoms with Crippen LogP contribution in [0, 0.1) is 0 Å². The average Bonchev–Trinajstić information content (AvgIpc) is 2.97. The van der Waals surface area contributed by atoms with E-state index in [1.165, 1.54) is 17.4 Å². The van der Waals surface area contributed by atoms with Crippen molar-refractivity contribution in [1.82, 2.24) is 9.80 Å². The largest absolute Gasteiger partial charge is 0.461 e. The normalized spacial score (nSPS) is 16.4. The Hall–Kier alpha value is -1.81. The van der Waals surface area contributed by atoms with Gasteiger partial charge in [0, 0.05) is 57.0 Å². The molecule has 0 spiro atoms. The van der Waals surface area contributed by atoms with Gasteiger partial charge >= 0.3 is 0 Å². The van der Waals surface area contributed by atoms with E-state index in [1.807, 2.05) is 18.0 Å². The molecule has 25 heavy (non-hydrogen) atoms. The fourth-order valence-corrected chi connectivity index (χ4v) is 3.81. The van der Waals surface area contributed by atoms with Gasteiger partial charge in [0.05, 0.1) is 0 Å². The molecule has 1 aliphatic rings. The van der Waals surface area contributed by atoms with Crippen molar-refractivity contribution >= 4 is 16.9 Å². The van der Waals surface area contributed by atoms with Crippen LogP contribution in [-0.4, -0.2) is 41.9 Å². The van der Waals surface area contributed by atoms with E-state index in [2.05, 4.69) is 30.0 Å². The molecule has 0 saturated carbocycles. The first-order valence-electron chi connectivity index (χ1n) is 9.55. The summed E-state index contributed by atoms with van der Waals surface area (Å²) in [5.41, 5.74) is 2.37. The molecule has 136 valence electrons. The average molecular weight is 342 g/mol. The van der Waals surface area contributed by atoms with E-state index in [9.17, 15) is 4.79 Å². The van der Waals surface area contributed by atoms with Crippen LogP contribution in [0.2, 0.25) is 0 Å². The number of fused-ring (bicyclic) bond motifs is 1. The highest BCUT2D eigenvalue weighted by Gasteiger charge is 2.25. The Morgan fingerprint density at radius 1 is 1.28 bits per heavy atom. The number of hydrogen-bond donors (Lipinski definition) is 0. The summed E-state index contributed by atoms with van der Waals surface area (Å²) in [6.45, 7) is 6.90. The van der Waals surface area contributed by atoms with Gasteiger partial charge in [0.2, 0.25) is 5.91 Å². The summed E-state index contributed by atoms with van der Waals surface area (Å²) < 4.78 is 6.15. The molecule has 1 aromatic carbocycles. The van der Waals surface area contributed by atoms with E-state index in [4.69, 9.17) is 4.42 Å². The van der Waals surface area contributed by atoms with Crippen molar-refractivity contribution in [3.63, 3.8) is 0 Å². The molecule has 4 nitrogen and oxygen atoms in total. The first-order chi connectivity index (χ1) is 12.1. The lowest BCUT2D eigenvalue weighted by Gasteiger charge is -2.36. The Morgan fingerprint density at radius 3 is 2.68 bits per heavy atom. The number of nitrogens with zero attached hydrogens (tertiary/aromatic N) is 2. The Morgan fingerprint density at radius 2 is 2.00 bits per heavy atom. The Kier molecular flexibility index (Phi) is 5.79. The van der Waals surface area contributed by atoms with E-state index in [0.29, 0.717) is 6.04 Å². The van der Waals surface area contributed by atoms with E-state index < -0.39 is 0 Å². The van der Waals surface area contributed by atoms with Crippen molar-refractivity contribution in [3.8, 4) is 0 Å². The number of hydrogen-bond acceptors (Lipinski definition) is 3. The molecule has 1 saturated heterocycles. The standard InChI is InChI=1S/C21H30N2O2/c1-4-5-9-21-19(18-8-6-7-10-20(18)25-21)15-23-13-11-17(12-14-23)22(3)16(2)24/h6-8,10,17H,4-5,9,11-15H2,1-3H3. The Balaban J connectivity index is 1.71. The number of benzene rings is 1. The fraction of sp³-hybridized carbons (Fsp3) is 0.571. The molecule has 4 heteroatoms.